The van der Waals surface area contributed by atoms with Crippen LogP contribution in [-0.4, -0.2) is 41.9 Å². The van der Waals surface area contributed by atoms with Gasteiger partial charge in [-0.15, -0.1) is 0 Å². The van der Waals surface area contributed by atoms with E-state index >= 15 is 0 Å². The molecule has 0 radical (unpaired) electrons. The van der Waals surface area contributed by atoms with Gasteiger partial charge < -0.3 is 20.9 Å². The molecule has 0 rings (SSSR count). The molecule has 1 amide bonds. The first-order valence-corrected chi connectivity index (χ1v) is 6.99. The Bertz CT molecular complexity index is 260. The zero-order valence-electron chi connectivity index (χ0n) is 12.8. The van der Waals surface area contributed by atoms with Gasteiger partial charge in [0.2, 0.25) is 5.91 Å². The number of amides is 1. The topological polar surface area (TPSA) is 84.6 Å². The van der Waals surface area contributed by atoms with Crippen molar-refractivity contribution in [1.82, 2.24) is 5.32 Å². The molecule has 0 saturated carbocycles. The molecule has 0 aromatic heterocycles. The number of ether oxygens (including phenoxy) is 1. The number of hydrogen-bond acceptors (Lipinski definition) is 4. The quantitative estimate of drug-likeness (QED) is 0.558. The van der Waals surface area contributed by atoms with E-state index in [0.29, 0.717) is 32.5 Å². The van der Waals surface area contributed by atoms with Gasteiger partial charge in [0, 0.05) is 13.0 Å². The van der Waals surface area contributed by atoms with E-state index in [2.05, 4.69) is 5.32 Å². The van der Waals surface area contributed by atoms with E-state index in [0.717, 1.165) is 12.8 Å². The first kappa shape index (κ1) is 18.4. The second-order valence-corrected chi connectivity index (χ2v) is 6.16. The van der Waals surface area contributed by atoms with Crippen LogP contribution in [0.25, 0.3) is 0 Å². The maximum absolute atomic E-state index is 11.4. The highest BCUT2D eigenvalue weighted by molar-refractivity contribution is 5.75. The summed E-state index contributed by atoms with van der Waals surface area (Å²) in [7, 11) is 0. The summed E-state index contributed by atoms with van der Waals surface area (Å²) < 4.78 is 5.74. The van der Waals surface area contributed by atoms with Gasteiger partial charge >= 0.3 is 0 Å². The first-order chi connectivity index (χ1) is 8.66. The van der Waals surface area contributed by atoms with Crippen molar-refractivity contribution in [3.05, 3.63) is 0 Å². The Kier molecular flexibility index (Phi) is 8.22. The molecule has 0 aliphatic carbocycles. The van der Waals surface area contributed by atoms with Crippen LogP contribution in [0.15, 0.2) is 0 Å². The largest absolute Gasteiger partial charge is 0.390 e. The van der Waals surface area contributed by atoms with Gasteiger partial charge in [-0.05, 0) is 53.5 Å². The van der Waals surface area contributed by atoms with Crippen molar-refractivity contribution < 1.29 is 14.6 Å². The van der Waals surface area contributed by atoms with Crippen LogP contribution in [0.2, 0.25) is 0 Å². The van der Waals surface area contributed by atoms with Gasteiger partial charge in [0.25, 0.3) is 0 Å². The van der Waals surface area contributed by atoms with Crippen LogP contribution >= 0.6 is 0 Å². The number of aliphatic hydroxyl groups is 1. The molecule has 4 N–H and O–H groups in total. The maximum Gasteiger partial charge on any atom is 0.220 e. The third-order valence-corrected chi connectivity index (χ3v) is 2.86. The van der Waals surface area contributed by atoms with Crippen molar-refractivity contribution in [2.45, 2.75) is 64.6 Å². The predicted octanol–water partition coefficient (Wildman–Crippen LogP) is 1.19. The lowest BCUT2D eigenvalue weighted by molar-refractivity contribution is -0.121. The van der Waals surface area contributed by atoms with E-state index in [1.165, 1.54) is 0 Å². The Balaban J connectivity index is 3.75. The summed E-state index contributed by atoms with van der Waals surface area (Å²) >= 11 is 0. The van der Waals surface area contributed by atoms with Crippen LogP contribution in [0.3, 0.4) is 0 Å². The SMILES string of the molecule is CC(C)(O)CCOC(C)(C)CCNC(=O)CCCN. The van der Waals surface area contributed by atoms with E-state index in [-0.39, 0.29) is 11.5 Å². The van der Waals surface area contributed by atoms with Crippen LogP contribution in [0.4, 0.5) is 0 Å². The Hall–Kier alpha value is -0.650. The fourth-order valence-corrected chi connectivity index (χ4v) is 1.50. The number of rotatable bonds is 10. The molecule has 0 spiro atoms. The molecule has 0 bridgehead atoms. The molecular weight excluding hydrogens is 244 g/mol. The van der Waals surface area contributed by atoms with E-state index < -0.39 is 5.60 Å². The zero-order valence-corrected chi connectivity index (χ0v) is 12.8. The Labute approximate surface area is 116 Å². The van der Waals surface area contributed by atoms with Crippen LogP contribution in [0, 0.1) is 0 Å². The Morgan fingerprint density at radius 1 is 1.26 bits per heavy atom. The summed E-state index contributed by atoms with van der Waals surface area (Å²) in [5.41, 5.74) is 4.34. The van der Waals surface area contributed by atoms with Gasteiger partial charge in [-0.3, -0.25) is 4.79 Å². The third kappa shape index (κ3) is 12.1. The van der Waals surface area contributed by atoms with Crippen LogP contribution in [-0.2, 0) is 9.53 Å². The lowest BCUT2D eigenvalue weighted by atomic mass is 10.0. The minimum absolute atomic E-state index is 0.0396. The molecule has 0 atom stereocenters. The second-order valence-electron chi connectivity index (χ2n) is 6.16. The van der Waals surface area contributed by atoms with Crippen molar-refractivity contribution in [2.24, 2.45) is 5.73 Å². The summed E-state index contributed by atoms with van der Waals surface area (Å²) in [5.74, 6) is 0.0396. The summed E-state index contributed by atoms with van der Waals surface area (Å²) in [6, 6.07) is 0. The average Bonchev–Trinajstić information content (AvgIpc) is 2.23. The highest BCUT2D eigenvalue weighted by Crippen LogP contribution is 2.16. The van der Waals surface area contributed by atoms with Crippen molar-refractivity contribution in [2.75, 3.05) is 19.7 Å². The Morgan fingerprint density at radius 2 is 1.89 bits per heavy atom. The lowest BCUT2D eigenvalue weighted by Crippen LogP contribution is -2.34. The van der Waals surface area contributed by atoms with Crippen molar-refractivity contribution in [3.63, 3.8) is 0 Å². The molecule has 0 aromatic carbocycles. The molecule has 19 heavy (non-hydrogen) atoms. The summed E-state index contributed by atoms with van der Waals surface area (Å²) in [6.45, 7) is 9.16. The van der Waals surface area contributed by atoms with E-state index in [4.69, 9.17) is 10.5 Å². The molecule has 5 heteroatoms. The fourth-order valence-electron chi connectivity index (χ4n) is 1.50. The number of hydrogen-bond donors (Lipinski definition) is 3. The molecular formula is C14H30N2O3. The van der Waals surface area contributed by atoms with E-state index in [1.54, 1.807) is 13.8 Å². The number of nitrogens with two attached hydrogens (primary N) is 1. The molecule has 0 unspecified atom stereocenters. The minimum Gasteiger partial charge on any atom is -0.390 e. The predicted molar refractivity (Wildman–Crippen MR) is 76.9 cm³/mol. The smallest absolute Gasteiger partial charge is 0.220 e. The standard InChI is InChI=1S/C14H30N2O3/c1-13(2,18)8-11-19-14(3,4)7-10-16-12(17)6-5-9-15/h18H,5-11,15H2,1-4H3,(H,16,17). The van der Waals surface area contributed by atoms with Gasteiger partial charge in [0.1, 0.15) is 0 Å². The van der Waals surface area contributed by atoms with Gasteiger partial charge in [-0.1, -0.05) is 0 Å². The van der Waals surface area contributed by atoms with Gasteiger partial charge in [-0.25, -0.2) is 0 Å². The molecule has 0 aliphatic rings. The van der Waals surface area contributed by atoms with E-state index in [1.807, 2.05) is 13.8 Å². The Morgan fingerprint density at radius 3 is 2.42 bits per heavy atom. The average molecular weight is 274 g/mol. The third-order valence-electron chi connectivity index (χ3n) is 2.86. The molecule has 114 valence electrons. The first-order valence-electron chi connectivity index (χ1n) is 6.99. The highest BCUT2D eigenvalue weighted by Gasteiger charge is 2.20. The van der Waals surface area contributed by atoms with Crippen molar-refractivity contribution >= 4 is 5.91 Å². The number of carbonyl (C=O) groups excluding carboxylic acids is 1. The number of nitrogens with one attached hydrogen (secondary N) is 1. The fraction of sp³-hybridized carbons (Fsp3) is 0.929. The van der Waals surface area contributed by atoms with Crippen molar-refractivity contribution in [3.8, 4) is 0 Å². The van der Waals surface area contributed by atoms with Gasteiger partial charge in [0.05, 0.1) is 17.8 Å². The molecule has 0 aliphatic heterocycles. The molecule has 0 heterocycles. The normalized spacial score (nSPS) is 12.5. The maximum atomic E-state index is 11.4. The summed E-state index contributed by atoms with van der Waals surface area (Å²) in [6.07, 6.45) is 2.54. The zero-order chi connectivity index (χ0) is 14.9. The lowest BCUT2D eigenvalue weighted by Gasteiger charge is -2.27. The van der Waals surface area contributed by atoms with Crippen LogP contribution < -0.4 is 11.1 Å². The molecule has 0 aromatic rings. The van der Waals surface area contributed by atoms with E-state index in [9.17, 15) is 9.90 Å². The van der Waals surface area contributed by atoms with Gasteiger partial charge in [0.15, 0.2) is 0 Å². The molecule has 0 fully saturated rings. The second kappa shape index (κ2) is 8.51. The number of carbonyl (C=O) groups is 1. The minimum atomic E-state index is -0.702. The monoisotopic (exact) mass is 274 g/mol. The van der Waals surface area contributed by atoms with Gasteiger partial charge in [-0.2, -0.15) is 0 Å². The van der Waals surface area contributed by atoms with Crippen molar-refractivity contribution in [1.29, 1.82) is 0 Å². The summed E-state index contributed by atoms with van der Waals surface area (Å²) in [4.78, 5) is 11.4. The van der Waals surface area contributed by atoms with Crippen LogP contribution in [0.1, 0.15) is 53.4 Å². The highest BCUT2D eigenvalue weighted by atomic mass is 16.5. The molecule has 5 nitrogen and oxygen atoms in total. The summed E-state index contributed by atoms with van der Waals surface area (Å²) in [5, 5.41) is 12.5. The molecule has 0 saturated heterocycles. The van der Waals surface area contributed by atoms with Crippen LogP contribution in [0.5, 0.6) is 0 Å².